The molecule has 0 radical (unpaired) electrons. The molecule has 1 unspecified atom stereocenters. The van der Waals surface area contributed by atoms with Crippen LogP contribution in [0.2, 0.25) is 0 Å². The molecule has 23 heavy (non-hydrogen) atoms. The Morgan fingerprint density at radius 3 is 2.26 bits per heavy atom. The summed E-state index contributed by atoms with van der Waals surface area (Å²) >= 11 is 0. The minimum Gasteiger partial charge on any atom is -0.454 e. The average molecular weight is 310 g/mol. The first kappa shape index (κ1) is 16.5. The fraction of sp³-hybridized carbons (Fsp3) is 0.158. The number of hydrogen-bond donors (Lipinski definition) is 0. The highest BCUT2D eigenvalue weighted by molar-refractivity contribution is 5.95. The maximum atomic E-state index is 12.4. The van der Waals surface area contributed by atoms with Gasteiger partial charge in [-0.3, -0.25) is 0 Å². The van der Waals surface area contributed by atoms with Crippen LogP contribution in [-0.2, 0) is 9.53 Å². The normalized spacial score (nSPS) is 11.4. The molecule has 0 heterocycles. The highest BCUT2D eigenvalue weighted by Crippen LogP contribution is 2.24. The molecular formula is C19H18O4. The molecule has 0 spiro atoms. The van der Waals surface area contributed by atoms with Crippen molar-refractivity contribution in [1.29, 1.82) is 0 Å². The SMILES string of the molecule is C=C(C)C(=O)Oc1ccccc1C(=O)OC(C)c1ccccc1. The van der Waals surface area contributed by atoms with Crippen LogP contribution in [0.5, 0.6) is 5.75 Å². The average Bonchev–Trinajstić information content (AvgIpc) is 2.55. The van der Waals surface area contributed by atoms with Gasteiger partial charge in [0.25, 0.3) is 0 Å². The standard InChI is InChI=1S/C19H18O4/c1-13(2)18(20)23-17-12-8-7-11-16(17)19(21)22-14(3)15-9-5-4-6-10-15/h4-12,14H,1H2,2-3H3. The molecule has 0 saturated heterocycles. The molecule has 0 fully saturated rings. The largest absolute Gasteiger partial charge is 0.454 e. The van der Waals surface area contributed by atoms with Gasteiger partial charge in [-0.2, -0.15) is 0 Å². The van der Waals surface area contributed by atoms with Gasteiger partial charge in [-0.1, -0.05) is 49.0 Å². The number of carbonyl (C=O) groups is 2. The zero-order chi connectivity index (χ0) is 16.8. The zero-order valence-electron chi connectivity index (χ0n) is 13.1. The van der Waals surface area contributed by atoms with Crippen molar-refractivity contribution in [1.82, 2.24) is 0 Å². The summed E-state index contributed by atoms with van der Waals surface area (Å²) in [5, 5.41) is 0. The molecular weight excluding hydrogens is 292 g/mol. The number of benzene rings is 2. The Morgan fingerprint density at radius 1 is 1.00 bits per heavy atom. The van der Waals surface area contributed by atoms with E-state index in [1.807, 2.05) is 30.3 Å². The lowest BCUT2D eigenvalue weighted by Crippen LogP contribution is -2.14. The maximum Gasteiger partial charge on any atom is 0.342 e. The number of hydrogen-bond acceptors (Lipinski definition) is 4. The van der Waals surface area contributed by atoms with E-state index < -0.39 is 18.0 Å². The Kier molecular flexibility index (Phi) is 5.31. The van der Waals surface area contributed by atoms with Gasteiger partial charge >= 0.3 is 11.9 Å². The number of carbonyl (C=O) groups excluding carboxylic acids is 2. The van der Waals surface area contributed by atoms with Crippen LogP contribution < -0.4 is 4.74 Å². The molecule has 2 aromatic carbocycles. The Labute approximate surface area is 135 Å². The lowest BCUT2D eigenvalue weighted by Gasteiger charge is -2.15. The van der Waals surface area contributed by atoms with Crippen LogP contribution in [-0.4, -0.2) is 11.9 Å². The minimum absolute atomic E-state index is 0.158. The lowest BCUT2D eigenvalue weighted by atomic mass is 10.1. The second-order valence-electron chi connectivity index (χ2n) is 5.12. The fourth-order valence-electron chi connectivity index (χ4n) is 1.93. The summed E-state index contributed by atoms with van der Waals surface area (Å²) in [6.45, 7) is 6.85. The van der Waals surface area contributed by atoms with E-state index in [0.717, 1.165) is 5.56 Å². The minimum atomic E-state index is -0.582. The van der Waals surface area contributed by atoms with Crippen molar-refractivity contribution < 1.29 is 19.1 Å². The van der Waals surface area contributed by atoms with Gasteiger partial charge < -0.3 is 9.47 Å². The van der Waals surface area contributed by atoms with Gasteiger partial charge in [0.1, 0.15) is 17.4 Å². The topological polar surface area (TPSA) is 52.6 Å². The third-order valence-corrected chi connectivity index (χ3v) is 3.21. The van der Waals surface area contributed by atoms with E-state index in [4.69, 9.17) is 9.47 Å². The molecule has 4 nitrogen and oxygen atoms in total. The van der Waals surface area contributed by atoms with E-state index >= 15 is 0 Å². The predicted molar refractivity (Wildman–Crippen MR) is 87.2 cm³/mol. The van der Waals surface area contributed by atoms with E-state index in [1.54, 1.807) is 38.1 Å². The predicted octanol–water partition coefficient (Wildman–Crippen LogP) is 4.09. The van der Waals surface area contributed by atoms with Crippen LogP contribution in [0.3, 0.4) is 0 Å². The molecule has 0 aliphatic carbocycles. The summed E-state index contributed by atoms with van der Waals surface area (Å²) in [6.07, 6.45) is -0.409. The Balaban J connectivity index is 2.16. The van der Waals surface area contributed by atoms with Crippen LogP contribution in [0.15, 0.2) is 66.7 Å². The highest BCUT2D eigenvalue weighted by atomic mass is 16.6. The molecule has 2 rings (SSSR count). The van der Waals surface area contributed by atoms with Crippen molar-refractivity contribution in [3.05, 3.63) is 77.9 Å². The molecule has 0 aliphatic heterocycles. The number of rotatable bonds is 5. The van der Waals surface area contributed by atoms with E-state index in [0.29, 0.717) is 0 Å². The monoisotopic (exact) mass is 310 g/mol. The van der Waals surface area contributed by atoms with Gasteiger partial charge in [0.2, 0.25) is 0 Å². The highest BCUT2D eigenvalue weighted by Gasteiger charge is 2.19. The van der Waals surface area contributed by atoms with E-state index in [1.165, 1.54) is 0 Å². The van der Waals surface area contributed by atoms with E-state index in [2.05, 4.69) is 6.58 Å². The van der Waals surface area contributed by atoms with Gasteiger partial charge in [-0.05, 0) is 31.5 Å². The number of ether oxygens (including phenoxy) is 2. The third kappa shape index (κ3) is 4.30. The van der Waals surface area contributed by atoms with Crippen molar-refractivity contribution >= 4 is 11.9 Å². The summed E-state index contributed by atoms with van der Waals surface area (Å²) in [4.78, 5) is 24.0. The van der Waals surface area contributed by atoms with Gasteiger partial charge in [-0.25, -0.2) is 9.59 Å². The van der Waals surface area contributed by atoms with Crippen molar-refractivity contribution in [2.24, 2.45) is 0 Å². The number of para-hydroxylation sites is 1. The molecule has 1 atom stereocenters. The second kappa shape index (κ2) is 7.40. The fourth-order valence-corrected chi connectivity index (χ4v) is 1.93. The Morgan fingerprint density at radius 2 is 1.61 bits per heavy atom. The first-order valence-electron chi connectivity index (χ1n) is 7.21. The second-order valence-corrected chi connectivity index (χ2v) is 5.12. The van der Waals surface area contributed by atoms with Crippen LogP contribution >= 0.6 is 0 Å². The van der Waals surface area contributed by atoms with Gasteiger partial charge in [-0.15, -0.1) is 0 Å². The molecule has 0 saturated carbocycles. The van der Waals surface area contributed by atoms with E-state index in [9.17, 15) is 9.59 Å². The van der Waals surface area contributed by atoms with Crippen LogP contribution in [0, 0.1) is 0 Å². The summed E-state index contributed by atoms with van der Waals surface area (Å²) < 4.78 is 10.6. The quantitative estimate of drug-likeness (QED) is 0.474. The zero-order valence-corrected chi connectivity index (χ0v) is 13.1. The van der Waals surface area contributed by atoms with Gasteiger partial charge in [0.15, 0.2) is 0 Å². The maximum absolute atomic E-state index is 12.4. The summed E-state index contributed by atoms with van der Waals surface area (Å²) in [5.74, 6) is -0.974. The van der Waals surface area contributed by atoms with Crippen LogP contribution in [0.4, 0.5) is 0 Å². The van der Waals surface area contributed by atoms with Crippen molar-refractivity contribution in [2.75, 3.05) is 0 Å². The first-order chi connectivity index (χ1) is 11.0. The molecule has 0 bridgehead atoms. The summed E-state index contributed by atoms with van der Waals surface area (Å²) in [5.41, 5.74) is 1.34. The van der Waals surface area contributed by atoms with Crippen LogP contribution in [0.25, 0.3) is 0 Å². The summed E-state index contributed by atoms with van der Waals surface area (Å²) in [6, 6.07) is 15.9. The number of esters is 2. The molecule has 0 aliphatic rings. The summed E-state index contributed by atoms with van der Waals surface area (Å²) in [7, 11) is 0. The Bertz CT molecular complexity index is 719. The molecule has 118 valence electrons. The molecule has 4 heteroatoms. The van der Waals surface area contributed by atoms with E-state index in [-0.39, 0.29) is 16.9 Å². The molecule has 0 amide bonds. The van der Waals surface area contributed by atoms with Crippen LogP contribution in [0.1, 0.15) is 35.9 Å². The first-order valence-corrected chi connectivity index (χ1v) is 7.21. The smallest absolute Gasteiger partial charge is 0.342 e. The molecule has 0 aromatic heterocycles. The van der Waals surface area contributed by atoms with Gasteiger partial charge in [0.05, 0.1) is 0 Å². The lowest BCUT2D eigenvalue weighted by molar-refractivity contribution is -0.130. The van der Waals surface area contributed by atoms with Crippen molar-refractivity contribution in [3.63, 3.8) is 0 Å². The third-order valence-electron chi connectivity index (χ3n) is 3.21. The van der Waals surface area contributed by atoms with Gasteiger partial charge in [0, 0.05) is 5.57 Å². The molecule has 0 N–H and O–H groups in total. The molecule has 2 aromatic rings. The van der Waals surface area contributed by atoms with Crippen molar-refractivity contribution in [2.45, 2.75) is 20.0 Å². The van der Waals surface area contributed by atoms with Crippen molar-refractivity contribution in [3.8, 4) is 5.75 Å². The Hall–Kier alpha value is -2.88.